The third kappa shape index (κ3) is 2.91. The zero-order valence-electron chi connectivity index (χ0n) is 11.6. The van der Waals surface area contributed by atoms with Gasteiger partial charge in [-0.15, -0.1) is 5.10 Å². The Balaban J connectivity index is 1.75. The molecule has 2 N–H and O–H groups in total. The van der Waals surface area contributed by atoms with Crippen molar-refractivity contribution in [3.63, 3.8) is 0 Å². The Morgan fingerprint density at radius 1 is 1.48 bits per heavy atom. The summed E-state index contributed by atoms with van der Waals surface area (Å²) >= 11 is 0. The zero-order chi connectivity index (χ0) is 14.7. The van der Waals surface area contributed by atoms with Crippen LogP contribution in [-0.4, -0.2) is 51.9 Å². The van der Waals surface area contributed by atoms with Gasteiger partial charge in [-0.05, 0) is 29.0 Å². The number of carbonyl (C=O) groups excluding carboxylic acids is 1. The maximum absolute atomic E-state index is 12.3. The third-order valence-electron chi connectivity index (χ3n) is 3.50. The van der Waals surface area contributed by atoms with Gasteiger partial charge in [0.05, 0.1) is 23.5 Å². The molecule has 110 valence electrons. The van der Waals surface area contributed by atoms with Crippen LogP contribution >= 0.6 is 0 Å². The molecule has 0 bridgehead atoms. The number of nitrogens with zero attached hydrogens (tertiary/aromatic N) is 4. The van der Waals surface area contributed by atoms with Crippen LogP contribution in [0.4, 0.5) is 5.69 Å². The summed E-state index contributed by atoms with van der Waals surface area (Å²) in [5, 5.41) is 17.1. The lowest BCUT2D eigenvalue weighted by molar-refractivity contribution is -0.118. The first-order chi connectivity index (χ1) is 10.3. The molecule has 1 saturated heterocycles. The summed E-state index contributed by atoms with van der Waals surface area (Å²) < 4.78 is 6.76. The fourth-order valence-corrected chi connectivity index (χ4v) is 2.35. The van der Waals surface area contributed by atoms with Gasteiger partial charge in [0, 0.05) is 13.7 Å². The molecule has 1 aromatic heterocycles. The highest BCUT2D eigenvalue weighted by Gasteiger charge is 2.29. The predicted molar refractivity (Wildman–Crippen MR) is 75.0 cm³/mol. The Hall–Kier alpha value is -2.32. The summed E-state index contributed by atoms with van der Waals surface area (Å²) in [5.74, 6) is -0.0879. The Morgan fingerprint density at radius 3 is 3.05 bits per heavy atom. The highest BCUT2D eigenvalue weighted by Crippen LogP contribution is 2.20. The van der Waals surface area contributed by atoms with Gasteiger partial charge in [0.25, 0.3) is 0 Å². The molecule has 3 rings (SSSR count). The van der Waals surface area contributed by atoms with Crippen LogP contribution in [0.1, 0.15) is 6.42 Å². The first-order valence-corrected chi connectivity index (χ1v) is 6.67. The maximum Gasteiger partial charge on any atom is 0.241 e. The van der Waals surface area contributed by atoms with E-state index in [0.29, 0.717) is 18.7 Å². The summed E-state index contributed by atoms with van der Waals surface area (Å²) in [7, 11) is 1.65. The van der Waals surface area contributed by atoms with Crippen LogP contribution in [-0.2, 0) is 9.53 Å². The van der Waals surface area contributed by atoms with Gasteiger partial charge in [0.1, 0.15) is 6.33 Å². The molecule has 2 aromatic rings. The molecule has 1 aliphatic heterocycles. The van der Waals surface area contributed by atoms with Crippen molar-refractivity contribution in [2.24, 2.45) is 0 Å². The zero-order valence-corrected chi connectivity index (χ0v) is 11.6. The average Bonchev–Trinajstić information content (AvgIpc) is 3.19. The number of nitrogens with one attached hydrogen (secondary N) is 2. The van der Waals surface area contributed by atoms with E-state index >= 15 is 0 Å². The van der Waals surface area contributed by atoms with Crippen molar-refractivity contribution in [3.8, 4) is 5.69 Å². The summed E-state index contributed by atoms with van der Waals surface area (Å²) in [6.45, 7) is 0.684. The largest absolute Gasteiger partial charge is 0.380 e. The van der Waals surface area contributed by atoms with Crippen molar-refractivity contribution in [3.05, 3.63) is 30.6 Å². The number of aromatic nitrogens is 4. The molecular formula is C13H16N6O2. The highest BCUT2D eigenvalue weighted by atomic mass is 16.5. The lowest BCUT2D eigenvalue weighted by Gasteiger charge is -2.14. The number of hydrogen-bond acceptors (Lipinski definition) is 6. The van der Waals surface area contributed by atoms with Crippen LogP contribution in [0.3, 0.4) is 0 Å². The molecule has 8 heteroatoms. The number of hydrogen-bond donors (Lipinski definition) is 2. The van der Waals surface area contributed by atoms with Gasteiger partial charge < -0.3 is 15.4 Å². The number of rotatable bonds is 4. The molecule has 1 aromatic carbocycles. The summed E-state index contributed by atoms with van der Waals surface area (Å²) in [6, 6.07) is 7.12. The van der Waals surface area contributed by atoms with Crippen molar-refractivity contribution in [2.45, 2.75) is 18.6 Å². The molecule has 2 unspecified atom stereocenters. The van der Waals surface area contributed by atoms with E-state index in [2.05, 4.69) is 26.2 Å². The molecule has 0 aliphatic carbocycles. The molecule has 0 spiro atoms. The number of amides is 1. The molecule has 8 nitrogen and oxygen atoms in total. The Bertz CT molecular complexity index is 615. The Labute approximate surface area is 121 Å². The van der Waals surface area contributed by atoms with Gasteiger partial charge in [-0.2, -0.15) is 4.68 Å². The molecular weight excluding hydrogens is 272 g/mol. The van der Waals surface area contributed by atoms with E-state index in [9.17, 15) is 4.79 Å². The third-order valence-corrected chi connectivity index (χ3v) is 3.50. The summed E-state index contributed by atoms with van der Waals surface area (Å²) in [5.41, 5.74) is 1.38. The van der Waals surface area contributed by atoms with Crippen molar-refractivity contribution >= 4 is 11.6 Å². The number of tetrazole rings is 1. The molecule has 2 heterocycles. The van der Waals surface area contributed by atoms with Crippen LogP contribution < -0.4 is 10.6 Å². The van der Waals surface area contributed by atoms with Crippen molar-refractivity contribution in [2.75, 3.05) is 19.0 Å². The lowest BCUT2D eigenvalue weighted by atomic mass is 10.2. The minimum Gasteiger partial charge on any atom is -0.380 e. The average molecular weight is 288 g/mol. The van der Waals surface area contributed by atoms with Crippen molar-refractivity contribution in [1.82, 2.24) is 25.5 Å². The molecule has 1 fully saturated rings. The molecule has 1 aliphatic rings. The minimum absolute atomic E-state index is 0.0792. The number of methoxy groups -OCH3 is 1. The number of para-hydroxylation sites is 2. The second kappa shape index (κ2) is 5.98. The van der Waals surface area contributed by atoms with E-state index in [4.69, 9.17) is 4.74 Å². The minimum atomic E-state index is -0.253. The van der Waals surface area contributed by atoms with Gasteiger partial charge in [0.15, 0.2) is 0 Å². The van der Waals surface area contributed by atoms with Gasteiger partial charge >= 0.3 is 0 Å². The fraction of sp³-hybridized carbons (Fsp3) is 0.385. The lowest BCUT2D eigenvalue weighted by Crippen LogP contribution is -2.35. The van der Waals surface area contributed by atoms with Gasteiger partial charge in [-0.1, -0.05) is 12.1 Å². The van der Waals surface area contributed by atoms with Gasteiger partial charge in [0.2, 0.25) is 5.91 Å². The summed E-state index contributed by atoms with van der Waals surface area (Å²) in [6.07, 6.45) is 2.23. The first kappa shape index (κ1) is 13.7. The van der Waals surface area contributed by atoms with Crippen molar-refractivity contribution < 1.29 is 9.53 Å². The van der Waals surface area contributed by atoms with E-state index in [1.807, 2.05) is 24.3 Å². The Kier molecular flexibility index (Phi) is 3.89. The topological polar surface area (TPSA) is 94.0 Å². The van der Waals surface area contributed by atoms with Crippen LogP contribution in [0.2, 0.25) is 0 Å². The van der Waals surface area contributed by atoms with Crippen LogP contribution in [0, 0.1) is 0 Å². The van der Waals surface area contributed by atoms with E-state index in [0.717, 1.165) is 5.69 Å². The fourth-order valence-electron chi connectivity index (χ4n) is 2.35. The summed E-state index contributed by atoms with van der Waals surface area (Å²) in [4.78, 5) is 12.3. The van der Waals surface area contributed by atoms with E-state index in [-0.39, 0.29) is 18.1 Å². The first-order valence-electron chi connectivity index (χ1n) is 6.67. The highest BCUT2D eigenvalue weighted by molar-refractivity contribution is 5.96. The van der Waals surface area contributed by atoms with Gasteiger partial charge in [-0.3, -0.25) is 4.79 Å². The maximum atomic E-state index is 12.3. The van der Waals surface area contributed by atoms with E-state index in [1.165, 1.54) is 11.0 Å². The normalized spacial score (nSPS) is 21.4. The van der Waals surface area contributed by atoms with Crippen LogP contribution in [0.5, 0.6) is 0 Å². The molecule has 21 heavy (non-hydrogen) atoms. The number of ether oxygens (including phenoxy) is 1. The molecule has 2 atom stereocenters. The van der Waals surface area contributed by atoms with E-state index in [1.54, 1.807) is 7.11 Å². The molecule has 0 saturated carbocycles. The van der Waals surface area contributed by atoms with Crippen LogP contribution in [0.15, 0.2) is 30.6 Å². The van der Waals surface area contributed by atoms with Gasteiger partial charge in [-0.25, -0.2) is 0 Å². The second-order valence-corrected chi connectivity index (χ2v) is 4.82. The van der Waals surface area contributed by atoms with Crippen molar-refractivity contribution in [1.29, 1.82) is 0 Å². The van der Waals surface area contributed by atoms with Crippen LogP contribution in [0.25, 0.3) is 5.69 Å². The second-order valence-electron chi connectivity index (χ2n) is 4.82. The quantitative estimate of drug-likeness (QED) is 0.821. The number of benzene rings is 1. The Morgan fingerprint density at radius 2 is 2.33 bits per heavy atom. The monoisotopic (exact) mass is 288 g/mol. The predicted octanol–water partition coefficient (Wildman–Crippen LogP) is -0.0223. The smallest absolute Gasteiger partial charge is 0.241 e. The van der Waals surface area contributed by atoms with E-state index < -0.39 is 0 Å². The SMILES string of the molecule is COC1CNC(C(=O)Nc2ccccc2-n2cnnn2)C1. The molecule has 0 radical (unpaired) electrons. The standard InChI is InChI=1S/C13H16N6O2/c1-21-9-6-11(14-7-9)13(20)16-10-4-2-3-5-12(10)19-8-15-17-18-19/h2-5,8-9,11,14H,6-7H2,1H3,(H,16,20). The number of carbonyl (C=O) groups is 1. The molecule has 1 amide bonds. The number of anilines is 1.